The van der Waals surface area contributed by atoms with Crippen LogP contribution in [-0.4, -0.2) is 12.1 Å². The highest BCUT2D eigenvalue weighted by atomic mass is 35.5. The van der Waals surface area contributed by atoms with Crippen LogP contribution in [0.25, 0.3) is 0 Å². The maximum absolute atomic E-state index is 11.0. The summed E-state index contributed by atoms with van der Waals surface area (Å²) >= 11 is 5.78. The maximum Gasteiger partial charge on any atom is 0.306 e. The van der Waals surface area contributed by atoms with Gasteiger partial charge in [-0.25, -0.2) is 0 Å². The van der Waals surface area contributed by atoms with E-state index in [0.29, 0.717) is 17.2 Å². The lowest BCUT2D eigenvalue weighted by atomic mass is 10.3. The Balaban J connectivity index is 2.48. The van der Waals surface area contributed by atoms with E-state index in [2.05, 4.69) is 12.0 Å². The third-order valence-electron chi connectivity index (χ3n) is 1.82. The largest absolute Gasteiger partial charge is 0.449 e. The van der Waals surface area contributed by atoms with Gasteiger partial charge in [0.2, 0.25) is 0 Å². The minimum atomic E-state index is -0.485. The second kappa shape index (κ2) is 6.82. The van der Waals surface area contributed by atoms with Gasteiger partial charge in [0.1, 0.15) is 11.9 Å². The number of esters is 1. The van der Waals surface area contributed by atoms with Crippen LogP contribution < -0.4 is 4.74 Å². The third-order valence-corrected chi connectivity index (χ3v) is 2.06. The molecule has 1 aromatic rings. The first-order valence-electron chi connectivity index (χ1n) is 5.24. The number of benzene rings is 1. The van der Waals surface area contributed by atoms with E-state index >= 15 is 0 Å². The molecule has 0 saturated heterocycles. The topological polar surface area (TPSA) is 35.5 Å². The second-order valence-corrected chi connectivity index (χ2v) is 3.73. The van der Waals surface area contributed by atoms with Gasteiger partial charge in [-0.2, -0.15) is 0 Å². The van der Waals surface area contributed by atoms with Crippen molar-refractivity contribution in [1.82, 2.24) is 0 Å². The second-order valence-electron chi connectivity index (χ2n) is 3.29. The van der Waals surface area contributed by atoms with Crippen molar-refractivity contribution in [3.05, 3.63) is 29.3 Å². The Morgan fingerprint density at radius 2 is 2.29 bits per heavy atom. The molecule has 1 atom stereocenters. The van der Waals surface area contributed by atoms with E-state index in [1.807, 2.05) is 0 Å². The molecular formula is C13H13ClO3. The summed E-state index contributed by atoms with van der Waals surface area (Å²) in [6.45, 7) is 3.41. The molecule has 17 heavy (non-hydrogen) atoms. The molecule has 0 N–H and O–H groups in total. The van der Waals surface area contributed by atoms with E-state index < -0.39 is 6.10 Å². The standard InChI is InChI=1S/C13H13ClO3/c1-3-13(15)17-10(2)7-8-16-12-6-4-5-11(14)9-12/h4-6,9-10H,3H2,1-2H3/t10-/m1/s1. The number of rotatable bonds is 3. The van der Waals surface area contributed by atoms with Crippen molar-refractivity contribution in [2.75, 3.05) is 0 Å². The van der Waals surface area contributed by atoms with Crippen molar-refractivity contribution in [3.8, 4) is 17.8 Å². The van der Waals surface area contributed by atoms with Crippen LogP contribution in [0.3, 0.4) is 0 Å². The lowest BCUT2D eigenvalue weighted by molar-refractivity contribution is -0.145. The van der Waals surface area contributed by atoms with Gasteiger partial charge < -0.3 is 9.47 Å². The van der Waals surface area contributed by atoms with Crippen molar-refractivity contribution in [2.45, 2.75) is 26.4 Å². The summed E-state index contributed by atoms with van der Waals surface area (Å²) in [6.07, 6.45) is 2.32. The molecule has 1 aromatic carbocycles. The first-order valence-corrected chi connectivity index (χ1v) is 5.62. The lowest BCUT2D eigenvalue weighted by Gasteiger charge is -2.04. The fourth-order valence-electron chi connectivity index (χ4n) is 1.01. The molecule has 0 radical (unpaired) electrons. The molecule has 0 heterocycles. The van der Waals surface area contributed by atoms with E-state index in [9.17, 15) is 4.79 Å². The lowest BCUT2D eigenvalue weighted by Crippen LogP contribution is -2.11. The highest BCUT2D eigenvalue weighted by molar-refractivity contribution is 6.30. The van der Waals surface area contributed by atoms with E-state index in [4.69, 9.17) is 21.1 Å². The summed E-state index contributed by atoms with van der Waals surface area (Å²) in [5.74, 6) is 2.93. The Kier molecular flexibility index (Phi) is 5.38. The van der Waals surface area contributed by atoms with Gasteiger partial charge in [-0.05, 0) is 25.0 Å². The van der Waals surface area contributed by atoms with Gasteiger partial charge in [0.25, 0.3) is 0 Å². The molecule has 0 aliphatic carbocycles. The van der Waals surface area contributed by atoms with Crippen LogP contribution in [0.4, 0.5) is 0 Å². The molecule has 3 nitrogen and oxygen atoms in total. The van der Waals surface area contributed by atoms with Crippen LogP contribution >= 0.6 is 11.6 Å². The van der Waals surface area contributed by atoms with Gasteiger partial charge in [-0.15, -0.1) is 0 Å². The van der Waals surface area contributed by atoms with Crippen LogP contribution in [0.15, 0.2) is 24.3 Å². The van der Waals surface area contributed by atoms with Crippen molar-refractivity contribution in [3.63, 3.8) is 0 Å². The Labute approximate surface area is 106 Å². The molecule has 1 rings (SSSR count). The zero-order chi connectivity index (χ0) is 12.7. The molecule has 4 heteroatoms. The minimum Gasteiger partial charge on any atom is -0.449 e. The molecule has 0 amide bonds. The summed E-state index contributed by atoms with van der Waals surface area (Å²) < 4.78 is 10.1. The molecule has 0 aromatic heterocycles. The van der Waals surface area contributed by atoms with Crippen LogP contribution in [0.1, 0.15) is 20.3 Å². The Hall–Kier alpha value is -1.66. The van der Waals surface area contributed by atoms with Crippen LogP contribution in [0.5, 0.6) is 5.75 Å². The zero-order valence-electron chi connectivity index (χ0n) is 9.70. The predicted octanol–water partition coefficient (Wildman–Crippen LogP) is 3.02. The fraction of sp³-hybridized carbons (Fsp3) is 0.308. The monoisotopic (exact) mass is 252 g/mol. The molecule has 0 spiro atoms. The fourth-order valence-corrected chi connectivity index (χ4v) is 1.19. The summed E-state index contributed by atoms with van der Waals surface area (Å²) in [4.78, 5) is 11.0. The molecule has 0 fully saturated rings. The van der Waals surface area contributed by atoms with Gasteiger partial charge in [0.15, 0.2) is 6.10 Å². The third kappa shape index (κ3) is 5.28. The quantitative estimate of drug-likeness (QED) is 0.613. The van der Waals surface area contributed by atoms with Gasteiger partial charge in [0.05, 0.1) is 0 Å². The average Bonchev–Trinajstić information content (AvgIpc) is 2.29. The van der Waals surface area contributed by atoms with Gasteiger partial charge in [-0.3, -0.25) is 4.79 Å². The number of hydrogen-bond donors (Lipinski definition) is 0. The van der Waals surface area contributed by atoms with E-state index in [1.54, 1.807) is 38.1 Å². The van der Waals surface area contributed by atoms with Crippen molar-refractivity contribution in [1.29, 1.82) is 0 Å². The number of carbonyl (C=O) groups is 1. The van der Waals surface area contributed by atoms with Crippen LogP contribution in [0.2, 0.25) is 5.02 Å². The molecule has 0 aliphatic rings. The Morgan fingerprint density at radius 3 is 2.94 bits per heavy atom. The normalized spacial score (nSPS) is 11.0. The van der Waals surface area contributed by atoms with Crippen molar-refractivity contribution >= 4 is 17.6 Å². The summed E-state index contributed by atoms with van der Waals surface area (Å²) in [7, 11) is 0. The van der Waals surface area contributed by atoms with Crippen molar-refractivity contribution in [2.24, 2.45) is 0 Å². The van der Waals surface area contributed by atoms with Gasteiger partial charge in [0, 0.05) is 17.5 Å². The Morgan fingerprint density at radius 1 is 1.53 bits per heavy atom. The number of halogens is 1. The number of hydrogen-bond acceptors (Lipinski definition) is 3. The van der Waals surface area contributed by atoms with E-state index in [-0.39, 0.29) is 5.97 Å². The first-order chi connectivity index (χ1) is 8.11. The van der Waals surface area contributed by atoms with Gasteiger partial charge in [-0.1, -0.05) is 24.6 Å². The van der Waals surface area contributed by atoms with E-state index in [0.717, 1.165) is 0 Å². The van der Waals surface area contributed by atoms with Crippen LogP contribution in [0, 0.1) is 12.0 Å². The Bertz CT molecular complexity index is 445. The van der Waals surface area contributed by atoms with Crippen LogP contribution in [-0.2, 0) is 9.53 Å². The maximum atomic E-state index is 11.0. The summed E-state index contributed by atoms with van der Waals surface area (Å²) in [6, 6.07) is 6.90. The highest BCUT2D eigenvalue weighted by Crippen LogP contribution is 2.16. The smallest absolute Gasteiger partial charge is 0.306 e. The predicted molar refractivity (Wildman–Crippen MR) is 65.7 cm³/mol. The molecule has 0 unspecified atom stereocenters. The number of carbonyl (C=O) groups excluding carboxylic acids is 1. The molecule has 0 aliphatic heterocycles. The average molecular weight is 253 g/mol. The molecule has 0 bridgehead atoms. The SMILES string of the molecule is CCC(=O)O[C@H](C)C#COc1cccc(Cl)c1. The van der Waals surface area contributed by atoms with Crippen molar-refractivity contribution < 1.29 is 14.3 Å². The number of ether oxygens (including phenoxy) is 2. The highest BCUT2D eigenvalue weighted by Gasteiger charge is 2.03. The summed E-state index contributed by atoms with van der Waals surface area (Å²) in [5.41, 5.74) is 0. The summed E-state index contributed by atoms with van der Waals surface area (Å²) in [5, 5.41) is 0.578. The molecular weight excluding hydrogens is 240 g/mol. The van der Waals surface area contributed by atoms with E-state index in [1.165, 1.54) is 0 Å². The first kappa shape index (κ1) is 13.4. The molecule has 90 valence electrons. The zero-order valence-corrected chi connectivity index (χ0v) is 10.5. The minimum absolute atomic E-state index is 0.283. The van der Waals surface area contributed by atoms with Gasteiger partial charge >= 0.3 is 5.97 Å². The molecule has 0 saturated carbocycles.